The van der Waals surface area contributed by atoms with E-state index in [1.165, 1.54) is 0 Å². The molecule has 0 rings (SSSR count). The van der Waals surface area contributed by atoms with E-state index in [0.717, 1.165) is 0 Å². The molecule has 0 heterocycles. The van der Waals surface area contributed by atoms with Crippen molar-refractivity contribution < 1.29 is 44.7 Å². The summed E-state index contributed by atoms with van der Waals surface area (Å²) in [5.74, 6) is -7.56. The third kappa shape index (κ3) is 8.79. The van der Waals surface area contributed by atoms with E-state index in [1.54, 1.807) is 0 Å². The number of hydrogen-bond acceptors (Lipinski definition) is 7. The van der Waals surface area contributed by atoms with Crippen LogP contribution in [0.2, 0.25) is 0 Å². The molecule has 0 radical (unpaired) electrons. The number of nitrogens with two attached hydrogens (primary N) is 2. The Balaban J connectivity index is 0. The first-order chi connectivity index (χ1) is 9.04. The van der Waals surface area contributed by atoms with Crippen LogP contribution in [-0.4, -0.2) is 68.1 Å². The molecule has 0 aliphatic rings. The van der Waals surface area contributed by atoms with Crippen LogP contribution in [0.1, 0.15) is 6.42 Å². The fourth-order valence-electron chi connectivity index (χ4n) is 0.740. The summed E-state index contributed by atoms with van der Waals surface area (Å²) in [6.45, 7) is -0.505. The smallest absolute Gasteiger partial charge is 0.322 e. The van der Waals surface area contributed by atoms with Gasteiger partial charge in [-0.25, -0.2) is 0 Å². The van der Waals surface area contributed by atoms with Crippen molar-refractivity contribution in [3.63, 3.8) is 0 Å². The number of hydrogen-bond donors (Lipinski definition) is 7. The predicted octanol–water partition coefficient (Wildman–Crippen LogP) is -3.04. The van der Waals surface area contributed by atoms with Crippen molar-refractivity contribution in [2.75, 3.05) is 6.61 Å². The van der Waals surface area contributed by atoms with E-state index in [0.29, 0.717) is 0 Å². The Kier molecular flexibility index (Phi) is 9.70. The highest BCUT2D eigenvalue weighted by Crippen LogP contribution is 2.06. The Labute approximate surface area is 112 Å². The van der Waals surface area contributed by atoms with Gasteiger partial charge in [0.15, 0.2) is 5.92 Å². The molecule has 0 aliphatic heterocycles. The molecule has 0 aromatic carbocycles. The van der Waals surface area contributed by atoms with Crippen molar-refractivity contribution in [1.82, 2.24) is 0 Å². The van der Waals surface area contributed by atoms with Gasteiger partial charge >= 0.3 is 23.9 Å². The largest absolute Gasteiger partial charge is 0.481 e. The predicted molar refractivity (Wildman–Crippen MR) is 61.7 cm³/mol. The zero-order chi connectivity index (χ0) is 16.5. The van der Waals surface area contributed by atoms with E-state index in [9.17, 15) is 19.2 Å². The van der Waals surface area contributed by atoms with Crippen molar-refractivity contribution in [2.24, 2.45) is 17.4 Å². The molecule has 11 nitrogen and oxygen atoms in total. The minimum absolute atomic E-state index is 0.505. The second kappa shape index (κ2) is 9.66. The maximum Gasteiger partial charge on any atom is 0.322 e. The van der Waals surface area contributed by atoms with Gasteiger partial charge in [-0.3, -0.25) is 19.2 Å². The molecule has 20 heavy (non-hydrogen) atoms. The van der Waals surface area contributed by atoms with Gasteiger partial charge in [0.25, 0.3) is 0 Å². The van der Waals surface area contributed by atoms with E-state index >= 15 is 0 Å². The van der Waals surface area contributed by atoms with Gasteiger partial charge in [0.1, 0.15) is 12.1 Å². The molecule has 116 valence electrons. The normalized spacial score (nSPS) is 12.8. The third-order valence-corrected chi connectivity index (χ3v) is 1.92. The van der Waals surface area contributed by atoms with Gasteiger partial charge in [-0.15, -0.1) is 0 Å². The fourth-order valence-corrected chi connectivity index (χ4v) is 0.740. The monoisotopic (exact) mass is 296 g/mol. The SMILES string of the molecule is N[C@@H](CC(C(=O)O)C(=O)O)C(=O)O.N[C@@H](CO)C(=O)O. The summed E-state index contributed by atoms with van der Waals surface area (Å²) in [6, 6.07) is -2.60. The van der Waals surface area contributed by atoms with E-state index in [-0.39, 0.29) is 0 Å². The van der Waals surface area contributed by atoms with Gasteiger partial charge in [0, 0.05) is 0 Å². The fraction of sp³-hybridized carbons (Fsp3) is 0.556. The zero-order valence-electron chi connectivity index (χ0n) is 10.2. The summed E-state index contributed by atoms with van der Waals surface area (Å²) >= 11 is 0. The molecule has 0 saturated heterocycles. The minimum atomic E-state index is -1.77. The van der Waals surface area contributed by atoms with Gasteiger partial charge in [0.05, 0.1) is 6.61 Å². The summed E-state index contributed by atoms with van der Waals surface area (Å²) in [5, 5.41) is 40.9. The standard InChI is InChI=1S/C6H9NO6.C3H7NO3/c7-3(6(12)13)1-2(4(8)9)5(10)11;4-2(1-5)3(6)7/h2-3H,1,7H2,(H,8,9)(H,10,11)(H,12,13);2,5H,1,4H2,(H,6,7)/t3-;2-/m00/s1. The highest BCUT2D eigenvalue weighted by molar-refractivity contribution is 5.93. The number of carboxylic acid groups (broad SMARTS) is 4. The summed E-state index contributed by atoms with van der Waals surface area (Å²) in [5.41, 5.74) is 9.73. The number of aliphatic hydroxyl groups is 1. The van der Waals surface area contributed by atoms with Crippen LogP contribution in [0.5, 0.6) is 0 Å². The van der Waals surface area contributed by atoms with Crippen LogP contribution in [0.4, 0.5) is 0 Å². The average molecular weight is 296 g/mol. The van der Waals surface area contributed by atoms with E-state index in [2.05, 4.69) is 0 Å². The summed E-state index contributed by atoms with van der Waals surface area (Å²) in [7, 11) is 0. The first-order valence-electron chi connectivity index (χ1n) is 5.07. The molecule has 0 amide bonds. The van der Waals surface area contributed by atoms with E-state index in [1.807, 2.05) is 0 Å². The van der Waals surface area contributed by atoms with Crippen LogP contribution in [-0.2, 0) is 19.2 Å². The van der Waals surface area contributed by atoms with Gasteiger partial charge in [-0.05, 0) is 6.42 Å². The van der Waals surface area contributed by atoms with E-state index < -0.39 is 54.9 Å². The average Bonchev–Trinajstić information content (AvgIpc) is 2.33. The van der Waals surface area contributed by atoms with Crippen LogP contribution >= 0.6 is 0 Å². The van der Waals surface area contributed by atoms with Gasteiger partial charge in [0.2, 0.25) is 0 Å². The molecule has 0 saturated carbocycles. The lowest BCUT2D eigenvalue weighted by Gasteiger charge is -2.09. The molecule has 0 aromatic rings. The van der Waals surface area contributed by atoms with Crippen LogP contribution in [0, 0.1) is 5.92 Å². The molecule has 0 unspecified atom stereocenters. The summed E-state index contributed by atoms with van der Waals surface area (Å²) in [6.07, 6.45) is -0.625. The summed E-state index contributed by atoms with van der Waals surface area (Å²) < 4.78 is 0. The third-order valence-electron chi connectivity index (χ3n) is 1.92. The highest BCUT2D eigenvalue weighted by atomic mass is 16.4. The number of carbonyl (C=O) groups is 4. The molecule has 0 spiro atoms. The highest BCUT2D eigenvalue weighted by Gasteiger charge is 2.30. The van der Waals surface area contributed by atoms with Crippen molar-refractivity contribution in [3.05, 3.63) is 0 Å². The van der Waals surface area contributed by atoms with Crippen molar-refractivity contribution in [2.45, 2.75) is 18.5 Å². The second-order valence-electron chi connectivity index (χ2n) is 3.54. The lowest BCUT2D eigenvalue weighted by atomic mass is 10.0. The zero-order valence-corrected chi connectivity index (χ0v) is 10.2. The Morgan fingerprint density at radius 3 is 1.25 bits per heavy atom. The number of rotatable bonds is 7. The first-order valence-corrected chi connectivity index (χ1v) is 5.07. The molecule has 0 aliphatic carbocycles. The lowest BCUT2D eigenvalue weighted by molar-refractivity contribution is -0.155. The van der Waals surface area contributed by atoms with E-state index in [4.69, 9.17) is 37.0 Å². The molecule has 11 heteroatoms. The first kappa shape index (κ1) is 20.1. The Bertz CT molecular complexity index is 356. The van der Waals surface area contributed by atoms with Gasteiger partial charge in [-0.1, -0.05) is 0 Å². The molecule has 2 atom stereocenters. The minimum Gasteiger partial charge on any atom is -0.481 e. The lowest BCUT2D eigenvalue weighted by Crippen LogP contribution is -2.37. The molecule has 9 N–H and O–H groups in total. The number of aliphatic hydroxyl groups excluding tert-OH is 1. The topological polar surface area (TPSA) is 221 Å². The molecule has 0 bridgehead atoms. The molecule has 0 fully saturated rings. The van der Waals surface area contributed by atoms with Crippen molar-refractivity contribution in [1.29, 1.82) is 0 Å². The van der Waals surface area contributed by atoms with Crippen LogP contribution in [0.25, 0.3) is 0 Å². The quantitative estimate of drug-likeness (QED) is 0.234. The summed E-state index contributed by atoms with van der Waals surface area (Å²) in [4.78, 5) is 40.4. The van der Waals surface area contributed by atoms with Crippen LogP contribution < -0.4 is 11.5 Å². The maximum atomic E-state index is 10.3. The van der Waals surface area contributed by atoms with Gasteiger partial charge < -0.3 is 37.0 Å². The molecular formula is C9H16N2O9. The number of aliphatic carboxylic acids is 4. The Hall–Kier alpha value is -2.24. The second-order valence-corrected chi connectivity index (χ2v) is 3.54. The van der Waals surface area contributed by atoms with Crippen molar-refractivity contribution in [3.8, 4) is 0 Å². The maximum absolute atomic E-state index is 10.3. The molecule has 0 aromatic heterocycles. The molecular weight excluding hydrogens is 280 g/mol. The Morgan fingerprint density at radius 2 is 1.10 bits per heavy atom. The van der Waals surface area contributed by atoms with Gasteiger partial charge in [-0.2, -0.15) is 0 Å². The number of carboxylic acids is 4. The van der Waals surface area contributed by atoms with Crippen LogP contribution in [0.3, 0.4) is 0 Å². The van der Waals surface area contributed by atoms with Crippen LogP contribution in [0.15, 0.2) is 0 Å². The Morgan fingerprint density at radius 1 is 0.750 bits per heavy atom. The van der Waals surface area contributed by atoms with Crippen molar-refractivity contribution >= 4 is 23.9 Å².